The van der Waals surface area contributed by atoms with Gasteiger partial charge in [-0.05, 0) is 17.5 Å². The minimum Gasteiger partial charge on any atom is -0.383 e. The molecule has 5 nitrogen and oxygen atoms in total. The van der Waals surface area contributed by atoms with Crippen molar-refractivity contribution in [2.75, 3.05) is 27.3 Å². The number of ether oxygens (including phenoxy) is 1. The quantitative estimate of drug-likeness (QED) is 0.747. The summed E-state index contributed by atoms with van der Waals surface area (Å²) in [4.78, 5) is 14.7. The van der Waals surface area contributed by atoms with Crippen LogP contribution in [-0.2, 0) is 4.74 Å². The van der Waals surface area contributed by atoms with E-state index >= 15 is 0 Å². The molecule has 0 N–H and O–H groups in total. The van der Waals surface area contributed by atoms with E-state index in [1.807, 2.05) is 13.8 Å². The van der Waals surface area contributed by atoms with Crippen molar-refractivity contribution >= 4 is 33.4 Å². The van der Waals surface area contributed by atoms with E-state index in [9.17, 15) is 4.79 Å². The summed E-state index contributed by atoms with van der Waals surface area (Å²) in [7, 11) is 3.41. The maximum absolute atomic E-state index is 12.3. The minimum absolute atomic E-state index is 0.0331. The van der Waals surface area contributed by atoms with Crippen LogP contribution in [0.2, 0.25) is 0 Å². The Labute approximate surface area is 120 Å². The molecule has 1 rings (SSSR count). The van der Waals surface area contributed by atoms with Crippen molar-refractivity contribution in [2.24, 2.45) is 0 Å². The third kappa shape index (κ3) is 4.00. The number of amides is 1. The highest BCUT2D eigenvalue weighted by Gasteiger charge is 2.22. The molecule has 0 spiro atoms. The van der Waals surface area contributed by atoms with Crippen LogP contribution >= 0.6 is 27.5 Å². The average molecular weight is 336 g/mol. The Kier molecular flexibility index (Phi) is 6.17. The van der Waals surface area contributed by atoms with E-state index < -0.39 is 0 Å². The highest BCUT2D eigenvalue weighted by molar-refractivity contribution is 9.09. The number of hydrogen-bond acceptors (Lipinski definition) is 5. The van der Waals surface area contributed by atoms with Gasteiger partial charge in [0, 0.05) is 20.7 Å². The van der Waals surface area contributed by atoms with Gasteiger partial charge in [0.2, 0.25) is 0 Å². The van der Waals surface area contributed by atoms with Gasteiger partial charge in [0.05, 0.1) is 17.1 Å². The molecule has 0 radical (unpaired) electrons. The van der Waals surface area contributed by atoms with E-state index in [2.05, 4.69) is 25.5 Å². The lowest BCUT2D eigenvalue weighted by atomic mass is 10.1. The summed E-state index contributed by atoms with van der Waals surface area (Å²) in [5.41, 5.74) is 0.773. The van der Waals surface area contributed by atoms with E-state index in [0.717, 1.165) is 17.2 Å². The fourth-order valence-corrected chi connectivity index (χ4v) is 3.02. The number of aromatic nitrogens is 2. The van der Waals surface area contributed by atoms with E-state index in [0.29, 0.717) is 18.0 Å². The zero-order chi connectivity index (χ0) is 13.7. The van der Waals surface area contributed by atoms with Gasteiger partial charge < -0.3 is 9.64 Å². The van der Waals surface area contributed by atoms with Crippen molar-refractivity contribution < 1.29 is 9.53 Å². The maximum atomic E-state index is 12.3. The van der Waals surface area contributed by atoms with Crippen molar-refractivity contribution in [2.45, 2.75) is 24.6 Å². The lowest BCUT2D eigenvalue weighted by Crippen LogP contribution is -2.33. The molecule has 0 saturated carbocycles. The monoisotopic (exact) mass is 335 g/mol. The molecule has 1 amide bonds. The lowest BCUT2D eigenvalue weighted by molar-refractivity contribution is 0.0787. The number of alkyl halides is 1. The normalized spacial score (nSPS) is 12.8. The van der Waals surface area contributed by atoms with E-state index in [1.165, 1.54) is 0 Å². The standard InChI is InChI=1S/C11H18BrN3O2S/c1-7(2)9-10(18-14-13-9)11(16)15(3)5-8(12)6-17-4/h7-8H,5-6H2,1-4H3. The molecular weight excluding hydrogens is 318 g/mol. The molecule has 0 aromatic carbocycles. The second-order valence-electron chi connectivity index (χ2n) is 4.38. The van der Waals surface area contributed by atoms with E-state index in [1.54, 1.807) is 19.1 Å². The van der Waals surface area contributed by atoms with Crippen LogP contribution in [-0.4, -0.2) is 52.5 Å². The molecule has 0 aliphatic carbocycles. The Morgan fingerprint density at radius 2 is 2.22 bits per heavy atom. The van der Waals surface area contributed by atoms with Gasteiger partial charge in [0.15, 0.2) is 0 Å². The van der Waals surface area contributed by atoms with Crippen LogP contribution in [0.15, 0.2) is 0 Å². The maximum Gasteiger partial charge on any atom is 0.267 e. The van der Waals surface area contributed by atoms with Crippen LogP contribution in [0.5, 0.6) is 0 Å². The van der Waals surface area contributed by atoms with Crippen LogP contribution in [0.25, 0.3) is 0 Å². The molecule has 1 heterocycles. The molecule has 0 aliphatic heterocycles. The summed E-state index contributed by atoms with van der Waals surface area (Å²) in [6, 6.07) is 0. The molecule has 102 valence electrons. The Bertz CT molecular complexity index is 397. The zero-order valence-electron chi connectivity index (χ0n) is 11.0. The zero-order valence-corrected chi connectivity index (χ0v) is 13.4. The number of carbonyl (C=O) groups is 1. The topological polar surface area (TPSA) is 55.3 Å². The van der Waals surface area contributed by atoms with Crippen LogP contribution in [0.1, 0.15) is 35.1 Å². The number of hydrogen-bond donors (Lipinski definition) is 0. The highest BCUT2D eigenvalue weighted by atomic mass is 79.9. The van der Waals surface area contributed by atoms with Gasteiger partial charge in [0.25, 0.3) is 5.91 Å². The number of nitrogens with zero attached hydrogens (tertiary/aromatic N) is 3. The largest absolute Gasteiger partial charge is 0.383 e. The first-order chi connectivity index (χ1) is 8.47. The first kappa shape index (κ1) is 15.5. The van der Waals surface area contributed by atoms with Gasteiger partial charge in [-0.15, -0.1) is 5.10 Å². The Morgan fingerprint density at radius 3 is 2.78 bits per heavy atom. The molecule has 7 heteroatoms. The molecule has 0 saturated heterocycles. The second-order valence-corrected chi connectivity index (χ2v) is 6.43. The van der Waals surface area contributed by atoms with E-state index in [4.69, 9.17) is 4.74 Å². The first-order valence-corrected chi connectivity index (χ1v) is 7.37. The van der Waals surface area contributed by atoms with Gasteiger partial charge in [-0.3, -0.25) is 4.79 Å². The Hall–Kier alpha value is -0.530. The minimum atomic E-state index is -0.0331. The second kappa shape index (κ2) is 7.16. The van der Waals surface area contributed by atoms with Gasteiger partial charge >= 0.3 is 0 Å². The van der Waals surface area contributed by atoms with Crippen molar-refractivity contribution in [1.29, 1.82) is 0 Å². The number of carbonyl (C=O) groups excluding carboxylic acids is 1. The fourth-order valence-electron chi connectivity index (χ4n) is 1.51. The highest BCUT2D eigenvalue weighted by Crippen LogP contribution is 2.21. The van der Waals surface area contributed by atoms with Crippen molar-refractivity contribution in [3.05, 3.63) is 10.6 Å². The predicted molar refractivity (Wildman–Crippen MR) is 75.5 cm³/mol. The van der Waals surface area contributed by atoms with Gasteiger partial charge in [-0.25, -0.2) is 0 Å². The Morgan fingerprint density at radius 1 is 1.56 bits per heavy atom. The summed E-state index contributed by atoms with van der Waals surface area (Å²) in [5, 5.41) is 4.02. The van der Waals surface area contributed by atoms with Gasteiger partial charge in [-0.1, -0.05) is 34.3 Å². The molecule has 1 atom stereocenters. The Balaban J connectivity index is 2.71. The summed E-state index contributed by atoms with van der Waals surface area (Å²) >= 11 is 4.63. The third-order valence-corrected chi connectivity index (χ3v) is 3.70. The van der Waals surface area contributed by atoms with Crippen molar-refractivity contribution in [3.8, 4) is 0 Å². The molecule has 1 unspecified atom stereocenters. The molecule has 1 aromatic rings. The molecule has 0 aliphatic rings. The summed E-state index contributed by atoms with van der Waals surface area (Å²) in [6.45, 7) is 5.16. The number of rotatable bonds is 6. The predicted octanol–water partition coefficient (Wildman–Crippen LogP) is 2.14. The van der Waals surface area contributed by atoms with Crippen LogP contribution in [0.3, 0.4) is 0 Å². The average Bonchev–Trinajstić information content (AvgIpc) is 2.76. The summed E-state index contributed by atoms with van der Waals surface area (Å²) < 4.78 is 8.90. The van der Waals surface area contributed by atoms with Crippen molar-refractivity contribution in [1.82, 2.24) is 14.5 Å². The van der Waals surface area contributed by atoms with Crippen molar-refractivity contribution in [3.63, 3.8) is 0 Å². The van der Waals surface area contributed by atoms with Gasteiger partial charge in [0.1, 0.15) is 4.88 Å². The summed E-state index contributed by atoms with van der Waals surface area (Å²) in [5.74, 6) is 0.170. The SMILES string of the molecule is COCC(Br)CN(C)C(=O)c1snnc1C(C)C. The summed E-state index contributed by atoms with van der Waals surface area (Å²) in [6.07, 6.45) is 0. The molecular formula is C11H18BrN3O2S. The molecule has 0 bridgehead atoms. The number of methoxy groups -OCH3 is 1. The van der Waals surface area contributed by atoms with Crippen LogP contribution < -0.4 is 0 Å². The third-order valence-electron chi connectivity index (χ3n) is 2.42. The molecule has 1 aromatic heterocycles. The fraction of sp³-hybridized carbons (Fsp3) is 0.727. The van der Waals surface area contributed by atoms with Crippen LogP contribution in [0.4, 0.5) is 0 Å². The molecule has 0 fully saturated rings. The number of halogens is 1. The lowest BCUT2D eigenvalue weighted by Gasteiger charge is -2.20. The molecule has 18 heavy (non-hydrogen) atoms. The first-order valence-electron chi connectivity index (χ1n) is 5.68. The smallest absolute Gasteiger partial charge is 0.267 e. The van der Waals surface area contributed by atoms with Crippen LogP contribution in [0, 0.1) is 0 Å². The van der Waals surface area contributed by atoms with E-state index in [-0.39, 0.29) is 16.7 Å². The van der Waals surface area contributed by atoms with Gasteiger partial charge in [-0.2, -0.15) is 0 Å².